The van der Waals surface area contributed by atoms with Crippen molar-refractivity contribution in [1.82, 2.24) is 9.80 Å². The summed E-state index contributed by atoms with van der Waals surface area (Å²) in [6, 6.07) is 0. The molecular weight excluding hydrogens is 188 g/mol. The largest absolute Gasteiger partial charge is 0.380 e. The molecule has 0 aromatic carbocycles. The summed E-state index contributed by atoms with van der Waals surface area (Å²) in [4.78, 5) is 5.24. The zero-order valence-electron chi connectivity index (χ0n) is 10.3. The van der Waals surface area contributed by atoms with E-state index in [-0.39, 0.29) is 0 Å². The second kappa shape index (κ2) is 4.40. The van der Waals surface area contributed by atoms with Crippen molar-refractivity contribution in [2.45, 2.75) is 38.3 Å². The van der Waals surface area contributed by atoms with Gasteiger partial charge in [0.25, 0.3) is 0 Å². The van der Waals surface area contributed by atoms with Gasteiger partial charge in [0.2, 0.25) is 0 Å². The summed E-state index contributed by atoms with van der Waals surface area (Å²) in [5.41, 5.74) is 0.529. The number of methoxy groups -OCH3 is 1. The van der Waals surface area contributed by atoms with Gasteiger partial charge >= 0.3 is 0 Å². The zero-order chi connectivity index (χ0) is 10.9. The molecule has 88 valence electrons. The standard InChI is InChI=1S/C12H24N2O/c1-4-13-7-8-14(9-11(2)15-3)12(10-13)5-6-12/h11H,4-10H2,1-3H3. The van der Waals surface area contributed by atoms with Crippen molar-refractivity contribution in [1.29, 1.82) is 0 Å². The maximum Gasteiger partial charge on any atom is 0.0670 e. The summed E-state index contributed by atoms with van der Waals surface area (Å²) in [5, 5.41) is 0. The lowest BCUT2D eigenvalue weighted by Gasteiger charge is -2.42. The fourth-order valence-electron chi connectivity index (χ4n) is 2.65. The average molecular weight is 212 g/mol. The van der Waals surface area contributed by atoms with Crippen LogP contribution in [0.15, 0.2) is 0 Å². The molecule has 1 aliphatic carbocycles. The number of nitrogens with zero attached hydrogens (tertiary/aromatic N) is 2. The van der Waals surface area contributed by atoms with Crippen molar-refractivity contribution in [3.63, 3.8) is 0 Å². The molecule has 0 N–H and O–H groups in total. The van der Waals surface area contributed by atoms with Crippen molar-refractivity contribution in [3.8, 4) is 0 Å². The van der Waals surface area contributed by atoms with E-state index in [4.69, 9.17) is 4.74 Å². The van der Waals surface area contributed by atoms with Crippen molar-refractivity contribution in [3.05, 3.63) is 0 Å². The van der Waals surface area contributed by atoms with Gasteiger partial charge in [-0.05, 0) is 26.3 Å². The summed E-state index contributed by atoms with van der Waals surface area (Å²) in [6.07, 6.45) is 3.15. The average Bonchev–Trinajstić information content (AvgIpc) is 3.01. The van der Waals surface area contributed by atoms with Gasteiger partial charge < -0.3 is 9.64 Å². The predicted molar refractivity (Wildman–Crippen MR) is 62.1 cm³/mol. The van der Waals surface area contributed by atoms with Gasteiger partial charge in [0.05, 0.1) is 6.10 Å². The molecule has 1 spiro atoms. The van der Waals surface area contributed by atoms with E-state index in [1.165, 1.54) is 39.0 Å². The maximum atomic E-state index is 5.37. The van der Waals surface area contributed by atoms with Gasteiger partial charge in [-0.1, -0.05) is 6.92 Å². The van der Waals surface area contributed by atoms with Gasteiger partial charge in [0.1, 0.15) is 0 Å². The highest BCUT2D eigenvalue weighted by molar-refractivity contribution is 5.08. The van der Waals surface area contributed by atoms with E-state index >= 15 is 0 Å². The number of piperazine rings is 1. The van der Waals surface area contributed by atoms with Gasteiger partial charge in [0, 0.05) is 38.8 Å². The van der Waals surface area contributed by atoms with Gasteiger partial charge in [-0.2, -0.15) is 0 Å². The summed E-state index contributed by atoms with van der Waals surface area (Å²) in [7, 11) is 1.81. The molecule has 3 nitrogen and oxygen atoms in total. The van der Waals surface area contributed by atoms with Crippen LogP contribution in [0.25, 0.3) is 0 Å². The summed E-state index contributed by atoms with van der Waals surface area (Å²) < 4.78 is 5.37. The molecule has 1 saturated heterocycles. The Bertz CT molecular complexity index is 216. The summed E-state index contributed by atoms with van der Waals surface area (Å²) in [5.74, 6) is 0. The van der Waals surface area contributed by atoms with Crippen molar-refractivity contribution < 1.29 is 4.74 Å². The number of likely N-dealkylation sites (N-methyl/N-ethyl adjacent to an activating group) is 1. The molecule has 0 radical (unpaired) electrons. The Morgan fingerprint density at radius 2 is 2.07 bits per heavy atom. The van der Waals surface area contributed by atoms with Crippen LogP contribution < -0.4 is 0 Å². The highest BCUT2D eigenvalue weighted by Gasteiger charge is 2.50. The van der Waals surface area contributed by atoms with E-state index in [1.807, 2.05) is 7.11 Å². The molecule has 1 saturated carbocycles. The fourth-order valence-corrected chi connectivity index (χ4v) is 2.65. The van der Waals surface area contributed by atoms with Crippen molar-refractivity contribution in [2.75, 3.05) is 39.8 Å². The van der Waals surface area contributed by atoms with Crippen molar-refractivity contribution in [2.24, 2.45) is 0 Å². The molecule has 2 aliphatic rings. The number of ether oxygens (including phenoxy) is 1. The number of hydrogen-bond donors (Lipinski definition) is 0. The molecule has 0 aromatic rings. The third kappa shape index (κ3) is 2.35. The first kappa shape index (κ1) is 11.4. The number of rotatable bonds is 4. The molecule has 1 unspecified atom stereocenters. The van der Waals surface area contributed by atoms with E-state index in [1.54, 1.807) is 0 Å². The molecular formula is C12H24N2O. The molecule has 1 heterocycles. The van der Waals surface area contributed by atoms with Crippen LogP contribution in [0.5, 0.6) is 0 Å². The van der Waals surface area contributed by atoms with Crippen LogP contribution in [0.1, 0.15) is 26.7 Å². The van der Waals surface area contributed by atoms with E-state index in [0.717, 1.165) is 6.54 Å². The van der Waals surface area contributed by atoms with Gasteiger partial charge in [-0.3, -0.25) is 4.90 Å². The first-order valence-corrected chi connectivity index (χ1v) is 6.20. The van der Waals surface area contributed by atoms with Crippen molar-refractivity contribution >= 4 is 0 Å². The monoisotopic (exact) mass is 212 g/mol. The summed E-state index contributed by atoms with van der Waals surface area (Å²) in [6.45, 7) is 10.5. The van der Waals surface area contributed by atoms with Gasteiger partial charge in [-0.25, -0.2) is 0 Å². The van der Waals surface area contributed by atoms with E-state index in [9.17, 15) is 0 Å². The normalized spacial score (nSPS) is 28.2. The van der Waals surface area contributed by atoms with Crippen LogP contribution in [-0.2, 0) is 4.74 Å². The molecule has 0 amide bonds. The predicted octanol–water partition coefficient (Wildman–Crippen LogP) is 1.19. The topological polar surface area (TPSA) is 15.7 Å². The Kier molecular flexibility index (Phi) is 3.33. The summed E-state index contributed by atoms with van der Waals surface area (Å²) >= 11 is 0. The third-order valence-electron chi connectivity index (χ3n) is 4.03. The van der Waals surface area contributed by atoms with E-state index in [0.29, 0.717) is 11.6 Å². The van der Waals surface area contributed by atoms with Crippen LogP contribution in [0.2, 0.25) is 0 Å². The minimum atomic E-state index is 0.371. The highest BCUT2D eigenvalue weighted by atomic mass is 16.5. The molecule has 2 rings (SSSR count). The fraction of sp³-hybridized carbons (Fsp3) is 1.00. The highest BCUT2D eigenvalue weighted by Crippen LogP contribution is 2.44. The Morgan fingerprint density at radius 1 is 1.33 bits per heavy atom. The Balaban J connectivity index is 1.90. The number of hydrogen-bond acceptors (Lipinski definition) is 3. The molecule has 15 heavy (non-hydrogen) atoms. The molecule has 0 bridgehead atoms. The zero-order valence-corrected chi connectivity index (χ0v) is 10.3. The van der Waals surface area contributed by atoms with Gasteiger partial charge in [0.15, 0.2) is 0 Å². The Labute approximate surface area is 93.4 Å². The van der Waals surface area contributed by atoms with Crippen LogP contribution in [0, 0.1) is 0 Å². The molecule has 1 aliphatic heterocycles. The van der Waals surface area contributed by atoms with Gasteiger partial charge in [-0.15, -0.1) is 0 Å². The lowest BCUT2D eigenvalue weighted by molar-refractivity contribution is 0.0122. The molecule has 0 aromatic heterocycles. The van der Waals surface area contributed by atoms with E-state index in [2.05, 4.69) is 23.6 Å². The smallest absolute Gasteiger partial charge is 0.0670 e. The maximum absolute atomic E-state index is 5.37. The first-order valence-electron chi connectivity index (χ1n) is 6.20. The molecule has 3 heteroatoms. The second-order valence-electron chi connectivity index (χ2n) is 5.09. The lowest BCUT2D eigenvalue weighted by atomic mass is 10.1. The van der Waals surface area contributed by atoms with Crippen LogP contribution in [0.4, 0.5) is 0 Å². The van der Waals surface area contributed by atoms with Crippen LogP contribution in [0.3, 0.4) is 0 Å². The van der Waals surface area contributed by atoms with Crippen LogP contribution >= 0.6 is 0 Å². The SMILES string of the molecule is CCN1CCN(CC(C)OC)C2(CC2)C1. The second-order valence-corrected chi connectivity index (χ2v) is 5.09. The Hall–Kier alpha value is -0.120. The van der Waals surface area contributed by atoms with E-state index < -0.39 is 0 Å². The minimum Gasteiger partial charge on any atom is -0.380 e. The third-order valence-corrected chi connectivity index (χ3v) is 4.03. The molecule has 1 atom stereocenters. The Morgan fingerprint density at radius 3 is 2.60 bits per heavy atom. The quantitative estimate of drug-likeness (QED) is 0.696. The first-order chi connectivity index (χ1) is 7.20. The van der Waals surface area contributed by atoms with Crippen LogP contribution in [-0.4, -0.2) is 61.3 Å². The lowest BCUT2D eigenvalue weighted by Crippen LogP contribution is -2.56. The molecule has 2 fully saturated rings. The minimum absolute atomic E-state index is 0.371.